The Bertz CT molecular complexity index is 1310. The van der Waals surface area contributed by atoms with Gasteiger partial charge in [0.1, 0.15) is 31.2 Å². The highest BCUT2D eigenvalue weighted by Gasteiger charge is 2.32. The van der Waals surface area contributed by atoms with Gasteiger partial charge in [0.15, 0.2) is 0 Å². The average Bonchev–Trinajstić information content (AvgIpc) is 3.01. The van der Waals surface area contributed by atoms with Gasteiger partial charge in [-0.15, -0.1) is 0 Å². The number of hydrogen-bond acceptors (Lipinski definition) is 6. The van der Waals surface area contributed by atoms with E-state index in [1.165, 1.54) is 0 Å². The number of ether oxygens (including phenoxy) is 4. The maximum absolute atomic E-state index is 13.0. The highest BCUT2D eigenvalue weighted by Crippen LogP contribution is 2.26. The Balaban J connectivity index is 1.30. The molecule has 3 aromatic carbocycles. The summed E-state index contributed by atoms with van der Waals surface area (Å²) in [6.45, 7) is 4.68. The Hall–Kier alpha value is -4.32. The quantitative estimate of drug-likeness (QED) is 0.0987. The van der Waals surface area contributed by atoms with E-state index in [4.69, 9.17) is 18.9 Å². The zero-order valence-corrected chi connectivity index (χ0v) is 23.8. The summed E-state index contributed by atoms with van der Waals surface area (Å²) >= 11 is 0. The fourth-order valence-corrected chi connectivity index (χ4v) is 4.55. The van der Waals surface area contributed by atoms with Crippen LogP contribution in [0.25, 0.3) is 0 Å². The van der Waals surface area contributed by atoms with Crippen molar-refractivity contribution < 1.29 is 28.5 Å². The third-order valence-electron chi connectivity index (χ3n) is 6.97. The third-order valence-corrected chi connectivity index (χ3v) is 6.97. The van der Waals surface area contributed by atoms with Crippen molar-refractivity contribution in [1.29, 1.82) is 0 Å². The predicted octanol–water partition coefficient (Wildman–Crippen LogP) is 7.73. The molecule has 0 aliphatic heterocycles. The summed E-state index contributed by atoms with van der Waals surface area (Å²) in [5.74, 6) is 0.539. The molecule has 1 fully saturated rings. The third kappa shape index (κ3) is 9.38. The van der Waals surface area contributed by atoms with Crippen molar-refractivity contribution in [2.24, 2.45) is 0 Å². The van der Waals surface area contributed by atoms with Gasteiger partial charge in [-0.05, 0) is 86.6 Å². The largest absolute Gasteiger partial charge is 0.494 e. The lowest BCUT2D eigenvalue weighted by Gasteiger charge is -2.31. The minimum atomic E-state index is -0.487. The van der Waals surface area contributed by atoms with E-state index in [0.717, 1.165) is 24.0 Å². The Morgan fingerprint density at radius 3 is 1.95 bits per heavy atom. The number of rotatable bonds is 12. The maximum Gasteiger partial charge on any atom is 0.338 e. The van der Waals surface area contributed by atoms with Crippen LogP contribution in [0.3, 0.4) is 0 Å². The first kappa shape index (κ1) is 29.7. The molecular formula is C35H38O6. The second kappa shape index (κ2) is 15.5. The number of benzene rings is 3. The molecule has 4 rings (SSSR count). The molecule has 1 saturated carbocycles. The van der Waals surface area contributed by atoms with E-state index in [1.54, 1.807) is 36.4 Å². The van der Waals surface area contributed by atoms with Crippen LogP contribution in [0.2, 0.25) is 0 Å². The monoisotopic (exact) mass is 554 g/mol. The molecule has 0 saturated heterocycles. The molecule has 0 heterocycles. The van der Waals surface area contributed by atoms with E-state index in [2.05, 4.69) is 0 Å². The van der Waals surface area contributed by atoms with Gasteiger partial charge in [-0.1, -0.05) is 67.6 Å². The Morgan fingerprint density at radius 1 is 0.756 bits per heavy atom. The van der Waals surface area contributed by atoms with Crippen molar-refractivity contribution in [1.82, 2.24) is 0 Å². The maximum atomic E-state index is 13.0. The van der Waals surface area contributed by atoms with Crippen LogP contribution >= 0.6 is 0 Å². The summed E-state index contributed by atoms with van der Waals surface area (Å²) in [7, 11) is 0. The van der Waals surface area contributed by atoms with Gasteiger partial charge in [0.05, 0.1) is 11.3 Å². The molecular weight excluding hydrogens is 516 g/mol. The van der Waals surface area contributed by atoms with E-state index in [-0.39, 0.29) is 0 Å². The molecule has 0 spiro atoms. The molecule has 2 unspecified atom stereocenters. The second-order valence-corrected chi connectivity index (χ2v) is 10.1. The summed E-state index contributed by atoms with van der Waals surface area (Å²) in [6.07, 6.45) is 6.20. The van der Waals surface area contributed by atoms with Gasteiger partial charge in [0.2, 0.25) is 0 Å². The Kier molecular flexibility index (Phi) is 11.2. The standard InChI is InChI=1S/C35H38O6/c1-3-29(19-18-26(2)38-24-27-12-6-4-7-13-27)34(36)40-32-16-10-11-17-33(32)41-35(37)30-20-22-31(23-21-30)39-25-28-14-8-5-9-15-28/h4-9,12-15,18-23,32-33H,3,10-11,16-17,24-25H2,1-2H3. The van der Waals surface area contributed by atoms with Crippen LogP contribution in [0.5, 0.6) is 5.75 Å². The molecule has 1 aliphatic rings. The first-order valence-electron chi connectivity index (χ1n) is 14.2. The van der Waals surface area contributed by atoms with E-state index in [1.807, 2.05) is 74.5 Å². The van der Waals surface area contributed by atoms with E-state index in [0.29, 0.717) is 55.1 Å². The van der Waals surface area contributed by atoms with Crippen molar-refractivity contribution in [3.05, 3.63) is 125 Å². The Labute approximate surface area is 242 Å². The molecule has 41 heavy (non-hydrogen) atoms. The number of carbonyl (C=O) groups excluding carboxylic acids is 2. The number of allylic oxidation sites excluding steroid dienone is 3. The lowest BCUT2D eigenvalue weighted by atomic mass is 9.94. The van der Waals surface area contributed by atoms with Gasteiger partial charge in [0.25, 0.3) is 0 Å². The SMILES string of the molecule is CCC(=CC=C(C)OCc1ccccc1)C(=O)OC1CCCCC1OC(=O)c1ccc(OCc2ccccc2)cc1. The molecule has 2 atom stereocenters. The Morgan fingerprint density at radius 2 is 1.34 bits per heavy atom. The fourth-order valence-electron chi connectivity index (χ4n) is 4.55. The normalized spacial score (nSPS) is 17.4. The van der Waals surface area contributed by atoms with Gasteiger partial charge in [-0.25, -0.2) is 9.59 Å². The summed E-state index contributed by atoms with van der Waals surface area (Å²) in [5, 5.41) is 0. The van der Waals surface area contributed by atoms with Crippen LogP contribution in [0, 0.1) is 0 Å². The fraction of sp³-hybridized carbons (Fsp3) is 0.314. The van der Waals surface area contributed by atoms with Crippen molar-refractivity contribution in [2.45, 2.75) is 71.4 Å². The smallest absolute Gasteiger partial charge is 0.338 e. The number of carbonyl (C=O) groups is 2. The number of hydrogen-bond donors (Lipinski definition) is 0. The topological polar surface area (TPSA) is 71.1 Å². The molecule has 1 aliphatic carbocycles. The zero-order valence-electron chi connectivity index (χ0n) is 23.8. The molecule has 214 valence electrons. The van der Waals surface area contributed by atoms with Crippen LogP contribution in [0.4, 0.5) is 0 Å². The summed E-state index contributed by atoms with van der Waals surface area (Å²) < 4.78 is 23.3. The van der Waals surface area contributed by atoms with Gasteiger partial charge in [0, 0.05) is 5.57 Å². The molecule has 0 bridgehead atoms. The van der Waals surface area contributed by atoms with Gasteiger partial charge < -0.3 is 18.9 Å². The van der Waals surface area contributed by atoms with E-state index >= 15 is 0 Å². The van der Waals surface area contributed by atoms with Crippen molar-refractivity contribution in [2.75, 3.05) is 0 Å². The van der Waals surface area contributed by atoms with Crippen LogP contribution in [0.1, 0.15) is 67.4 Å². The van der Waals surface area contributed by atoms with Crippen LogP contribution < -0.4 is 4.74 Å². The van der Waals surface area contributed by atoms with Crippen LogP contribution in [0.15, 0.2) is 108 Å². The van der Waals surface area contributed by atoms with Crippen molar-refractivity contribution in [3.63, 3.8) is 0 Å². The first-order chi connectivity index (χ1) is 20.0. The molecule has 6 heteroatoms. The minimum absolute atomic E-state index is 0.396. The summed E-state index contributed by atoms with van der Waals surface area (Å²) in [5.41, 5.74) is 3.11. The van der Waals surface area contributed by atoms with Crippen LogP contribution in [-0.2, 0) is 32.2 Å². The molecule has 0 radical (unpaired) electrons. The average molecular weight is 555 g/mol. The number of esters is 2. The molecule has 6 nitrogen and oxygen atoms in total. The van der Waals surface area contributed by atoms with E-state index < -0.39 is 24.1 Å². The highest BCUT2D eigenvalue weighted by atomic mass is 16.6. The van der Waals surface area contributed by atoms with Gasteiger partial charge in [-0.2, -0.15) is 0 Å². The van der Waals surface area contributed by atoms with Crippen LogP contribution in [-0.4, -0.2) is 24.1 Å². The highest BCUT2D eigenvalue weighted by molar-refractivity contribution is 5.90. The minimum Gasteiger partial charge on any atom is -0.494 e. The molecule has 3 aromatic rings. The predicted molar refractivity (Wildman–Crippen MR) is 158 cm³/mol. The first-order valence-corrected chi connectivity index (χ1v) is 14.2. The van der Waals surface area contributed by atoms with Gasteiger partial charge in [-0.3, -0.25) is 0 Å². The van der Waals surface area contributed by atoms with E-state index in [9.17, 15) is 9.59 Å². The summed E-state index contributed by atoms with van der Waals surface area (Å²) in [4.78, 5) is 26.0. The molecule has 0 amide bonds. The van der Waals surface area contributed by atoms with Crippen molar-refractivity contribution in [3.8, 4) is 5.75 Å². The second-order valence-electron chi connectivity index (χ2n) is 10.1. The lowest BCUT2D eigenvalue weighted by Crippen LogP contribution is -2.38. The lowest BCUT2D eigenvalue weighted by molar-refractivity contribution is -0.153. The zero-order chi connectivity index (χ0) is 28.9. The van der Waals surface area contributed by atoms with Crippen molar-refractivity contribution >= 4 is 11.9 Å². The summed E-state index contributed by atoms with van der Waals surface area (Å²) in [6, 6.07) is 26.7. The molecule has 0 aromatic heterocycles. The molecule has 0 N–H and O–H groups in total. The van der Waals surface area contributed by atoms with Gasteiger partial charge >= 0.3 is 11.9 Å².